The van der Waals surface area contributed by atoms with Gasteiger partial charge in [0.25, 0.3) is 0 Å². The summed E-state index contributed by atoms with van der Waals surface area (Å²) in [6.45, 7) is 2.03. The van der Waals surface area contributed by atoms with Crippen LogP contribution in [-0.4, -0.2) is 63.5 Å². The minimum atomic E-state index is -0.0117. The number of amides is 3. The molecule has 8 heteroatoms. The van der Waals surface area contributed by atoms with Crippen LogP contribution in [0.4, 0.5) is 5.69 Å². The van der Waals surface area contributed by atoms with E-state index in [2.05, 4.69) is 10.4 Å². The van der Waals surface area contributed by atoms with Crippen molar-refractivity contribution < 1.29 is 14.4 Å². The Morgan fingerprint density at radius 1 is 1.00 bits per heavy atom. The molecule has 8 nitrogen and oxygen atoms in total. The number of carbonyl (C=O) groups is 3. The third-order valence-electron chi connectivity index (χ3n) is 8.33. The molecule has 1 aromatic heterocycles. The second-order valence-corrected chi connectivity index (χ2v) is 10.6. The molecule has 2 atom stereocenters. The number of hydrogen-bond donors (Lipinski definition) is 1. The van der Waals surface area contributed by atoms with Crippen molar-refractivity contribution in [3.63, 3.8) is 0 Å². The second-order valence-electron chi connectivity index (χ2n) is 10.6. The van der Waals surface area contributed by atoms with Gasteiger partial charge in [0.1, 0.15) is 0 Å². The Hall–Kier alpha value is -3.94. The van der Waals surface area contributed by atoms with Crippen molar-refractivity contribution >= 4 is 23.4 Å². The lowest BCUT2D eigenvalue weighted by molar-refractivity contribution is -0.139. The summed E-state index contributed by atoms with van der Waals surface area (Å²) in [5, 5.41) is 7.28. The van der Waals surface area contributed by atoms with E-state index in [1.807, 2.05) is 71.8 Å². The van der Waals surface area contributed by atoms with Crippen molar-refractivity contribution in [1.82, 2.24) is 19.6 Å². The van der Waals surface area contributed by atoms with Crippen molar-refractivity contribution in [3.05, 3.63) is 78.6 Å². The Kier molecular flexibility index (Phi) is 6.02. The Bertz CT molecular complexity index is 1280. The number of nitrogens with zero attached hydrogens (tertiary/aromatic N) is 4. The SMILES string of the molecule is O=C(Nc1ccc(-n2cccn2)cc1)C1CC12CCN(C(=O)CN1CC(c3ccccc3)CC1=O)CC2. The third-order valence-corrected chi connectivity index (χ3v) is 8.33. The highest BCUT2D eigenvalue weighted by molar-refractivity contribution is 5.95. The molecule has 2 saturated heterocycles. The van der Waals surface area contributed by atoms with Gasteiger partial charge in [0, 0.05) is 56.0 Å². The third kappa shape index (κ3) is 4.75. The normalized spacial score (nSPS) is 22.3. The molecule has 3 heterocycles. The predicted octanol–water partition coefficient (Wildman–Crippen LogP) is 3.46. The molecule has 3 aliphatic rings. The number of anilines is 1. The molecule has 3 amide bonds. The minimum absolute atomic E-state index is 0.00225. The molecular weight excluding hydrogens is 466 g/mol. The van der Waals surface area contributed by atoms with Crippen LogP contribution >= 0.6 is 0 Å². The van der Waals surface area contributed by atoms with Crippen LogP contribution in [0.25, 0.3) is 5.69 Å². The fraction of sp³-hybridized carbons (Fsp3) is 0.379. The maximum Gasteiger partial charge on any atom is 0.242 e. The second kappa shape index (κ2) is 9.50. The lowest BCUT2D eigenvalue weighted by Crippen LogP contribution is -2.45. The van der Waals surface area contributed by atoms with Gasteiger partial charge in [-0.3, -0.25) is 14.4 Å². The van der Waals surface area contributed by atoms with Gasteiger partial charge in [-0.2, -0.15) is 5.10 Å². The highest BCUT2D eigenvalue weighted by Crippen LogP contribution is 2.59. The molecule has 6 rings (SSSR count). The summed E-state index contributed by atoms with van der Waals surface area (Å²) in [5.41, 5.74) is 2.86. The Balaban J connectivity index is 0.981. The number of benzene rings is 2. The molecule has 1 spiro atoms. The lowest BCUT2D eigenvalue weighted by atomic mass is 9.90. The number of hydrogen-bond acceptors (Lipinski definition) is 4. The van der Waals surface area contributed by atoms with Gasteiger partial charge in [-0.05, 0) is 60.6 Å². The van der Waals surface area contributed by atoms with Crippen LogP contribution in [0.3, 0.4) is 0 Å². The zero-order valence-electron chi connectivity index (χ0n) is 20.8. The van der Waals surface area contributed by atoms with Gasteiger partial charge in [-0.15, -0.1) is 0 Å². The lowest BCUT2D eigenvalue weighted by Gasteiger charge is -2.34. The smallest absolute Gasteiger partial charge is 0.242 e. The van der Waals surface area contributed by atoms with E-state index in [0.717, 1.165) is 36.2 Å². The summed E-state index contributed by atoms with van der Waals surface area (Å²) in [7, 11) is 0. The average Bonchev–Trinajstić information content (AvgIpc) is 3.22. The molecular formula is C29H31N5O3. The highest BCUT2D eigenvalue weighted by atomic mass is 16.2. The Morgan fingerprint density at radius 2 is 1.76 bits per heavy atom. The number of rotatable bonds is 6. The summed E-state index contributed by atoms with van der Waals surface area (Å²) in [5.74, 6) is 0.255. The molecule has 1 saturated carbocycles. The van der Waals surface area contributed by atoms with Crippen LogP contribution in [-0.2, 0) is 14.4 Å². The first-order chi connectivity index (χ1) is 18.0. The van der Waals surface area contributed by atoms with Gasteiger partial charge in [0.2, 0.25) is 17.7 Å². The van der Waals surface area contributed by atoms with E-state index in [1.54, 1.807) is 15.8 Å². The fourth-order valence-electron chi connectivity index (χ4n) is 5.96. The summed E-state index contributed by atoms with van der Waals surface area (Å²) in [4.78, 5) is 42.0. The van der Waals surface area contributed by atoms with Crippen molar-refractivity contribution in [2.75, 3.05) is 31.5 Å². The molecule has 2 aliphatic heterocycles. The van der Waals surface area contributed by atoms with Crippen molar-refractivity contribution in [2.24, 2.45) is 11.3 Å². The number of aromatic nitrogens is 2. The van der Waals surface area contributed by atoms with Crippen LogP contribution in [0.2, 0.25) is 0 Å². The summed E-state index contributed by atoms with van der Waals surface area (Å²) in [6, 6.07) is 19.6. The standard InChI is InChI=1S/C29H31N5O3/c35-26-17-22(21-5-2-1-3-6-21)19-33(26)20-27(36)32-15-11-29(12-16-32)18-25(29)28(37)31-23-7-9-24(10-8-23)34-14-4-13-30-34/h1-10,13-14,22,25H,11-12,15-20H2,(H,31,37). The van der Waals surface area contributed by atoms with Crippen LogP contribution < -0.4 is 5.32 Å². The van der Waals surface area contributed by atoms with Gasteiger partial charge in [-0.1, -0.05) is 30.3 Å². The molecule has 3 aromatic rings. The quantitative estimate of drug-likeness (QED) is 0.565. The monoisotopic (exact) mass is 497 g/mol. The van der Waals surface area contributed by atoms with E-state index in [1.165, 1.54) is 0 Å². The van der Waals surface area contributed by atoms with Gasteiger partial charge in [0.05, 0.1) is 12.2 Å². The average molecular weight is 498 g/mol. The molecule has 0 radical (unpaired) electrons. The summed E-state index contributed by atoms with van der Waals surface area (Å²) < 4.78 is 1.78. The first-order valence-electron chi connectivity index (χ1n) is 13.0. The minimum Gasteiger partial charge on any atom is -0.341 e. The van der Waals surface area contributed by atoms with Crippen LogP contribution in [0.5, 0.6) is 0 Å². The fourth-order valence-corrected chi connectivity index (χ4v) is 5.96. The van der Waals surface area contributed by atoms with Gasteiger partial charge in [0.15, 0.2) is 0 Å². The number of carbonyl (C=O) groups excluding carboxylic acids is 3. The molecule has 0 bridgehead atoms. The van der Waals surface area contributed by atoms with Gasteiger partial charge >= 0.3 is 0 Å². The van der Waals surface area contributed by atoms with E-state index in [-0.39, 0.29) is 41.5 Å². The Morgan fingerprint density at radius 3 is 2.46 bits per heavy atom. The summed E-state index contributed by atoms with van der Waals surface area (Å²) >= 11 is 0. The van der Waals surface area contributed by atoms with E-state index in [9.17, 15) is 14.4 Å². The molecule has 190 valence electrons. The van der Waals surface area contributed by atoms with Crippen LogP contribution in [0.1, 0.15) is 37.2 Å². The van der Waals surface area contributed by atoms with Crippen molar-refractivity contribution in [2.45, 2.75) is 31.6 Å². The first-order valence-corrected chi connectivity index (χ1v) is 13.0. The number of likely N-dealkylation sites (tertiary alicyclic amines) is 2. The van der Waals surface area contributed by atoms with Crippen LogP contribution in [0, 0.1) is 11.3 Å². The zero-order chi connectivity index (χ0) is 25.4. The molecule has 1 N–H and O–H groups in total. The van der Waals surface area contributed by atoms with E-state index >= 15 is 0 Å². The summed E-state index contributed by atoms with van der Waals surface area (Å²) in [6.07, 6.45) is 6.60. The van der Waals surface area contributed by atoms with Crippen LogP contribution in [0.15, 0.2) is 73.1 Å². The largest absolute Gasteiger partial charge is 0.341 e. The zero-order valence-corrected chi connectivity index (χ0v) is 20.8. The van der Waals surface area contributed by atoms with Gasteiger partial charge in [-0.25, -0.2) is 4.68 Å². The van der Waals surface area contributed by atoms with Gasteiger partial charge < -0.3 is 15.1 Å². The maximum absolute atomic E-state index is 13.0. The molecule has 3 fully saturated rings. The first kappa shape index (κ1) is 23.5. The van der Waals surface area contributed by atoms with Crippen molar-refractivity contribution in [3.8, 4) is 5.69 Å². The maximum atomic E-state index is 13.0. The Labute approximate surface area is 216 Å². The van der Waals surface area contributed by atoms with E-state index in [4.69, 9.17) is 0 Å². The predicted molar refractivity (Wildman–Crippen MR) is 139 cm³/mol. The number of nitrogens with one attached hydrogen (secondary N) is 1. The molecule has 2 unspecified atom stereocenters. The molecule has 37 heavy (non-hydrogen) atoms. The number of piperidine rings is 1. The molecule has 1 aliphatic carbocycles. The topological polar surface area (TPSA) is 87.5 Å². The van der Waals surface area contributed by atoms with E-state index in [0.29, 0.717) is 26.1 Å². The van der Waals surface area contributed by atoms with Crippen molar-refractivity contribution in [1.29, 1.82) is 0 Å². The highest BCUT2D eigenvalue weighted by Gasteiger charge is 2.58. The van der Waals surface area contributed by atoms with E-state index < -0.39 is 0 Å². The molecule has 2 aromatic carbocycles.